The summed E-state index contributed by atoms with van der Waals surface area (Å²) >= 11 is 11.4. The van der Waals surface area contributed by atoms with Gasteiger partial charge in [0.15, 0.2) is 0 Å². The molecule has 0 unspecified atom stereocenters. The number of imidazole rings is 1. The summed E-state index contributed by atoms with van der Waals surface area (Å²) in [5.74, 6) is 0.117. The molecule has 0 saturated carbocycles. The van der Waals surface area contributed by atoms with Crippen LogP contribution in [0.3, 0.4) is 0 Å². The molecule has 6 rings (SSSR count). The van der Waals surface area contributed by atoms with Gasteiger partial charge in [0.05, 0.1) is 44.8 Å². The Bertz CT molecular complexity index is 1950. The van der Waals surface area contributed by atoms with Gasteiger partial charge in [-0.25, -0.2) is 4.98 Å². The zero-order valence-corrected chi connectivity index (χ0v) is 27.9. The molecule has 0 bridgehead atoms. The van der Waals surface area contributed by atoms with Gasteiger partial charge in [0, 0.05) is 50.1 Å². The van der Waals surface area contributed by atoms with Gasteiger partial charge in [0.2, 0.25) is 5.91 Å². The maximum absolute atomic E-state index is 12.6. The van der Waals surface area contributed by atoms with E-state index < -0.39 is 24.6 Å². The van der Waals surface area contributed by atoms with Crippen LogP contribution in [0, 0.1) is 0 Å². The fraction of sp³-hybridized carbons (Fsp3) is 0.324. The second kappa shape index (κ2) is 13.7. The fourth-order valence-electron chi connectivity index (χ4n) is 5.88. The predicted octanol–water partition coefficient (Wildman–Crippen LogP) is 7.40. The van der Waals surface area contributed by atoms with Crippen molar-refractivity contribution in [3.05, 3.63) is 83.4 Å². The van der Waals surface area contributed by atoms with Crippen LogP contribution in [-0.4, -0.2) is 62.1 Å². The van der Waals surface area contributed by atoms with Crippen molar-refractivity contribution in [3.63, 3.8) is 0 Å². The predicted molar refractivity (Wildman–Crippen MR) is 180 cm³/mol. The molecule has 9 nitrogen and oxygen atoms in total. The first-order valence-electron chi connectivity index (χ1n) is 15.4. The van der Waals surface area contributed by atoms with E-state index in [0.717, 1.165) is 22.2 Å². The van der Waals surface area contributed by atoms with E-state index >= 15 is 0 Å². The molecule has 5 aromatic rings. The number of nitrogens with two attached hydrogens (primary N) is 1. The van der Waals surface area contributed by atoms with Gasteiger partial charge >= 0.3 is 6.18 Å². The molecule has 2 N–H and O–H groups in total. The zero-order chi connectivity index (χ0) is 34.2. The lowest BCUT2D eigenvalue weighted by Crippen LogP contribution is -2.39. The van der Waals surface area contributed by atoms with Crippen molar-refractivity contribution in [1.29, 1.82) is 0 Å². The van der Waals surface area contributed by atoms with E-state index in [1.165, 1.54) is 0 Å². The third-order valence-corrected chi connectivity index (χ3v) is 9.33. The molecule has 1 fully saturated rings. The Balaban J connectivity index is 1.21. The van der Waals surface area contributed by atoms with Crippen LogP contribution >= 0.6 is 24.2 Å². The van der Waals surface area contributed by atoms with Gasteiger partial charge in [-0.3, -0.25) is 14.0 Å². The highest BCUT2D eigenvalue weighted by Crippen LogP contribution is 2.39. The van der Waals surface area contributed by atoms with Gasteiger partial charge < -0.3 is 20.1 Å². The van der Waals surface area contributed by atoms with Crippen LogP contribution in [0.25, 0.3) is 27.8 Å². The number of carbonyl (C=O) groups is 1. The largest absolute Gasteiger partial charge is 0.489 e. The summed E-state index contributed by atoms with van der Waals surface area (Å²) in [6.45, 7) is 2.83. The summed E-state index contributed by atoms with van der Waals surface area (Å²) < 4.78 is 54.1. The van der Waals surface area contributed by atoms with Crippen molar-refractivity contribution in [2.75, 3.05) is 19.6 Å². The number of piperidine rings is 1. The van der Waals surface area contributed by atoms with Gasteiger partial charge in [-0.1, -0.05) is 29.8 Å². The SMILES string of the molecule is C[C@@H](Oc1cc(-n2cnc3cc(-c4cnn(C)c4)ccc32)cc(C(N)=O)c1S)c1cccc(OC2CCN(CCC(F)(F)F)CC2)c1Cl. The number of fused-ring (bicyclic) bond motifs is 1. The van der Waals surface area contributed by atoms with Crippen molar-refractivity contribution in [3.8, 4) is 28.3 Å². The Morgan fingerprint density at radius 1 is 1.12 bits per heavy atom. The Labute approximate surface area is 285 Å². The van der Waals surface area contributed by atoms with Crippen molar-refractivity contribution in [1.82, 2.24) is 24.2 Å². The van der Waals surface area contributed by atoms with Gasteiger partial charge in [-0.05, 0) is 49.6 Å². The topological polar surface area (TPSA) is 100 Å². The maximum atomic E-state index is 12.6. The lowest BCUT2D eigenvalue weighted by Gasteiger charge is -2.32. The normalized spacial score (nSPS) is 15.1. The van der Waals surface area contributed by atoms with Gasteiger partial charge in [0.1, 0.15) is 30.0 Å². The van der Waals surface area contributed by atoms with Gasteiger partial charge in [-0.2, -0.15) is 18.3 Å². The Kier molecular flexibility index (Phi) is 9.64. The zero-order valence-electron chi connectivity index (χ0n) is 26.2. The van der Waals surface area contributed by atoms with Crippen LogP contribution in [0.1, 0.15) is 48.2 Å². The van der Waals surface area contributed by atoms with E-state index in [1.807, 2.05) is 49.0 Å². The maximum Gasteiger partial charge on any atom is 0.390 e. The Hall–Kier alpha value is -4.20. The van der Waals surface area contributed by atoms with E-state index in [-0.39, 0.29) is 23.1 Å². The summed E-state index contributed by atoms with van der Waals surface area (Å²) in [4.78, 5) is 19.2. The Morgan fingerprint density at radius 3 is 2.58 bits per heavy atom. The molecular weight excluding hydrogens is 665 g/mol. The molecule has 1 amide bonds. The number of thiol groups is 1. The first-order valence-corrected chi connectivity index (χ1v) is 16.2. The number of benzene rings is 3. The van der Waals surface area contributed by atoms with Crippen LogP contribution in [0.5, 0.6) is 11.5 Å². The molecular formula is C34H34ClF3N6O3S. The molecule has 1 atom stereocenters. The summed E-state index contributed by atoms with van der Waals surface area (Å²) in [5, 5.41) is 4.61. The number of hydrogen-bond donors (Lipinski definition) is 2. The highest BCUT2D eigenvalue weighted by Gasteiger charge is 2.30. The first kappa shape index (κ1) is 33.7. The van der Waals surface area contributed by atoms with Gasteiger partial charge in [0.25, 0.3) is 0 Å². The second-order valence-corrected chi connectivity index (χ2v) is 12.7. The monoisotopic (exact) mass is 698 g/mol. The standard InChI is InChI=1S/C34H34ClF3N6O3S/c1-20(25-4-3-5-29(31(25)35)47-24-8-11-43(12-9-24)13-10-34(36,37)38)46-30-16-23(15-26(32(30)48)33(39)45)44-19-40-27-14-21(6-7-28(27)44)22-17-41-42(2)18-22/h3-7,14-20,24,48H,8-13H2,1-2H3,(H2,39,45)/t20-/m1/s1. The number of primary amides is 1. The molecule has 14 heteroatoms. The second-order valence-electron chi connectivity index (χ2n) is 11.9. The van der Waals surface area contributed by atoms with E-state index in [4.69, 9.17) is 26.8 Å². The van der Waals surface area contributed by atoms with E-state index in [2.05, 4.69) is 22.7 Å². The summed E-state index contributed by atoms with van der Waals surface area (Å²) in [6, 6.07) is 14.7. The number of rotatable bonds is 10. The molecule has 0 aliphatic carbocycles. The number of hydrogen-bond acceptors (Lipinski definition) is 7. The quantitative estimate of drug-likeness (QED) is 0.148. The number of amides is 1. The van der Waals surface area contributed by atoms with Crippen molar-refractivity contribution < 1.29 is 27.4 Å². The molecule has 3 aromatic carbocycles. The van der Waals surface area contributed by atoms with E-state index in [1.54, 1.807) is 46.4 Å². The Morgan fingerprint density at radius 2 is 1.90 bits per heavy atom. The summed E-state index contributed by atoms with van der Waals surface area (Å²) in [6.07, 6.45) is 0.793. The van der Waals surface area contributed by atoms with Crippen LogP contribution in [0.2, 0.25) is 5.02 Å². The number of likely N-dealkylation sites (tertiary alicyclic amines) is 1. The lowest BCUT2D eigenvalue weighted by molar-refractivity contribution is -0.138. The van der Waals surface area contributed by atoms with Crippen LogP contribution < -0.4 is 15.2 Å². The minimum atomic E-state index is -4.17. The molecule has 3 heterocycles. The van der Waals surface area contributed by atoms with E-state index in [0.29, 0.717) is 53.7 Å². The average Bonchev–Trinajstić information content (AvgIpc) is 3.68. The minimum Gasteiger partial charge on any atom is -0.489 e. The van der Waals surface area contributed by atoms with Crippen molar-refractivity contribution in [2.24, 2.45) is 12.8 Å². The number of carbonyl (C=O) groups excluding carboxylic acids is 1. The first-order chi connectivity index (χ1) is 22.9. The number of ether oxygens (including phenoxy) is 2. The molecule has 0 radical (unpaired) electrons. The number of aryl methyl sites for hydroxylation is 1. The average molecular weight is 699 g/mol. The molecule has 1 saturated heterocycles. The minimum absolute atomic E-state index is 0.0166. The van der Waals surface area contributed by atoms with E-state index in [9.17, 15) is 18.0 Å². The number of nitrogens with zero attached hydrogens (tertiary/aromatic N) is 5. The third-order valence-electron chi connectivity index (χ3n) is 8.46. The molecule has 1 aliphatic rings. The summed E-state index contributed by atoms with van der Waals surface area (Å²) in [5.41, 5.74) is 10.7. The lowest BCUT2D eigenvalue weighted by atomic mass is 10.1. The number of alkyl halides is 3. The van der Waals surface area contributed by atoms with Gasteiger partial charge in [-0.15, -0.1) is 12.6 Å². The fourth-order valence-corrected chi connectivity index (χ4v) is 6.50. The molecule has 252 valence electrons. The molecule has 1 aliphatic heterocycles. The summed E-state index contributed by atoms with van der Waals surface area (Å²) in [7, 11) is 1.86. The number of aromatic nitrogens is 4. The third kappa shape index (κ3) is 7.43. The van der Waals surface area contributed by atoms with Crippen LogP contribution in [0.4, 0.5) is 13.2 Å². The molecule has 2 aromatic heterocycles. The highest BCUT2D eigenvalue weighted by molar-refractivity contribution is 7.80. The highest BCUT2D eigenvalue weighted by atomic mass is 35.5. The molecule has 0 spiro atoms. The molecule has 48 heavy (non-hydrogen) atoms. The van der Waals surface area contributed by atoms with Crippen molar-refractivity contribution in [2.45, 2.75) is 49.5 Å². The number of halogens is 4. The van der Waals surface area contributed by atoms with Crippen molar-refractivity contribution >= 4 is 41.2 Å². The smallest absolute Gasteiger partial charge is 0.390 e. The van der Waals surface area contributed by atoms with Crippen LogP contribution in [0.15, 0.2) is 72.1 Å². The van der Waals surface area contributed by atoms with Crippen LogP contribution in [-0.2, 0) is 7.05 Å².